The van der Waals surface area contributed by atoms with Crippen LogP contribution in [0.1, 0.15) is 42.5 Å². The Morgan fingerprint density at radius 1 is 1.16 bits per heavy atom. The van der Waals surface area contributed by atoms with Crippen LogP contribution in [-0.2, 0) is 6.42 Å². The molecule has 0 saturated carbocycles. The molecule has 2 fully saturated rings. The van der Waals surface area contributed by atoms with Crippen molar-refractivity contribution in [1.29, 1.82) is 5.26 Å². The lowest BCUT2D eigenvalue weighted by Gasteiger charge is -2.54. The number of anilines is 1. The Hall–Kier alpha value is -3.05. The summed E-state index contributed by atoms with van der Waals surface area (Å²) in [5.41, 5.74) is 7.37. The lowest BCUT2D eigenvalue weighted by Crippen LogP contribution is -2.63. The number of nitriles is 1. The van der Waals surface area contributed by atoms with Crippen LogP contribution in [-0.4, -0.2) is 51.9 Å². The van der Waals surface area contributed by atoms with Gasteiger partial charge >= 0.3 is 0 Å². The van der Waals surface area contributed by atoms with Crippen molar-refractivity contribution in [3.05, 3.63) is 53.5 Å². The Kier molecular flexibility index (Phi) is 5.28. The highest BCUT2D eigenvalue weighted by molar-refractivity contribution is 7.80. The number of thiocarbonyl (C=S) groups is 1. The average molecular weight is 432 g/mol. The van der Waals surface area contributed by atoms with E-state index in [4.69, 9.17) is 17.5 Å². The molecular formula is C23H25N7S. The third kappa shape index (κ3) is 3.98. The molecule has 0 unspecified atom stereocenters. The van der Waals surface area contributed by atoms with Crippen molar-refractivity contribution in [3.63, 3.8) is 0 Å². The Balaban J connectivity index is 1.15. The van der Waals surface area contributed by atoms with E-state index in [2.05, 4.69) is 42.4 Å². The molecule has 31 heavy (non-hydrogen) atoms. The zero-order chi connectivity index (χ0) is 21.3. The van der Waals surface area contributed by atoms with Crippen LogP contribution in [0.3, 0.4) is 0 Å². The monoisotopic (exact) mass is 431 g/mol. The first-order valence-electron chi connectivity index (χ1n) is 10.8. The van der Waals surface area contributed by atoms with Crippen LogP contribution in [0, 0.1) is 16.7 Å². The third-order valence-electron chi connectivity index (χ3n) is 6.67. The number of hydrogen-bond acceptors (Lipinski definition) is 6. The number of hydrogen-bond donors (Lipinski definition) is 1. The zero-order valence-electron chi connectivity index (χ0n) is 17.4. The van der Waals surface area contributed by atoms with E-state index in [0.29, 0.717) is 16.1 Å². The predicted octanol–water partition coefficient (Wildman–Crippen LogP) is 2.87. The fraction of sp³-hybridized carbons (Fsp3) is 0.435. The summed E-state index contributed by atoms with van der Waals surface area (Å²) in [7, 11) is 0. The molecular weight excluding hydrogens is 406 g/mol. The molecule has 8 heteroatoms. The van der Waals surface area contributed by atoms with Gasteiger partial charge in [-0.15, -0.1) is 0 Å². The van der Waals surface area contributed by atoms with Gasteiger partial charge in [-0.05, 0) is 68.1 Å². The van der Waals surface area contributed by atoms with E-state index in [-0.39, 0.29) is 0 Å². The van der Waals surface area contributed by atoms with Gasteiger partial charge in [-0.3, -0.25) is 10.4 Å². The molecule has 0 radical (unpaired) electrons. The summed E-state index contributed by atoms with van der Waals surface area (Å²) in [6.45, 7) is 3.86. The number of hydrazone groups is 1. The zero-order valence-corrected chi connectivity index (χ0v) is 18.2. The number of nitrogens with zero attached hydrogens (tertiary/aromatic N) is 6. The van der Waals surface area contributed by atoms with Crippen molar-refractivity contribution in [2.24, 2.45) is 10.5 Å². The minimum Gasteiger partial charge on any atom is -0.357 e. The van der Waals surface area contributed by atoms with Gasteiger partial charge in [0.1, 0.15) is 5.82 Å². The highest BCUT2D eigenvalue weighted by Crippen LogP contribution is 2.41. The summed E-state index contributed by atoms with van der Waals surface area (Å²) in [4.78, 5) is 13.5. The Bertz CT molecular complexity index is 1060. The molecule has 2 aromatic heterocycles. The van der Waals surface area contributed by atoms with Crippen molar-refractivity contribution >= 4 is 28.9 Å². The molecule has 2 aromatic rings. The van der Waals surface area contributed by atoms with Crippen molar-refractivity contribution in [2.45, 2.75) is 32.1 Å². The minimum absolute atomic E-state index is 0.321. The van der Waals surface area contributed by atoms with Gasteiger partial charge in [0.25, 0.3) is 0 Å². The van der Waals surface area contributed by atoms with E-state index in [9.17, 15) is 0 Å². The van der Waals surface area contributed by atoms with Gasteiger partial charge in [0.05, 0.1) is 23.0 Å². The van der Waals surface area contributed by atoms with E-state index in [1.807, 2.05) is 18.3 Å². The second-order valence-corrected chi connectivity index (χ2v) is 9.08. The minimum atomic E-state index is 0.321. The van der Waals surface area contributed by atoms with E-state index >= 15 is 0 Å². The van der Waals surface area contributed by atoms with Gasteiger partial charge in [0.15, 0.2) is 5.11 Å². The summed E-state index contributed by atoms with van der Waals surface area (Å²) in [5, 5.41) is 14.4. The summed E-state index contributed by atoms with van der Waals surface area (Å²) >= 11 is 5.61. The fourth-order valence-corrected chi connectivity index (χ4v) is 5.03. The lowest BCUT2D eigenvalue weighted by molar-refractivity contribution is 0.0328. The maximum Gasteiger partial charge on any atom is 0.189 e. The first kappa shape index (κ1) is 19.9. The Labute approximate surface area is 187 Å². The second kappa shape index (κ2) is 8.23. The average Bonchev–Trinajstić information content (AvgIpc) is 2.81. The predicted molar refractivity (Wildman–Crippen MR) is 124 cm³/mol. The van der Waals surface area contributed by atoms with Crippen molar-refractivity contribution in [1.82, 2.24) is 20.3 Å². The molecule has 5 rings (SSSR count). The standard InChI is InChI=1S/C23H25N7S/c24-14-17-6-10-25-20(13-17)29-11-7-23(8-12-29)15-30(16-23)22(31)28-27-19-5-1-3-18-4-2-9-26-21(18)19/h2,4,6,9-10,13H,1,3,5,7-8,11-12,15-16H2,(H,28,31)/b27-19+. The molecule has 3 aliphatic rings. The molecule has 0 bridgehead atoms. The number of nitrogens with one attached hydrogen (secondary N) is 1. The van der Waals surface area contributed by atoms with E-state index in [1.54, 1.807) is 12.3 Å². The molecule has 4 heterocycles. The molecule has 2 saturated heterocycles. The molecule has 1 N–H and O–H groups in total. The number of fused-ring (bicyclic) bond motifs is 1. The molecule has 2 aliphatic heterocycles. The Morgan fingerprint density at radius 3 is 2.81 bits per heavy atom. The highest BCUT2D eigenvalue weighted by atomic mass is 32.1. The molecule has 7 nitrogen and oxygen atoms in total. The summed E-state index contributed by atoms with van der Waals surface area (Å²) in [5.74, 6) is 0.902. The first-order chi connectivity index (χ1) is 15.2. The summed E-state index contributed by atoms with van der Waals surface area (Å²) in [6, 6.07) is 9.94. The fourth-order valence-electron chi connectivity index (χ4n) is 4.85. The van der Waals surface area contributed by atoms with Crippen molar-refractivity contribution in [2.75, 3.05) is 31.1 Å². The molecule has 1 spiro atoms. The number of likely N-dealkylation sites (tertiary alicyclic amines) is 1. The Morgan fingerprint density at radius 2 is 2.00 bits per heavy atom. The quantitative estimate of drug-likeness (QED) is 0.578. The molecule has 0 atom stereocenters. The van der Waals surface area contributed by atoms with Crippen LogP contribution >= 0.6 is 12.2 Å². The molecule has 0 amide bonds. The van der Waals surface area contributed by atoms with Gasteiger partial charge in [-0.2, -0.15) is 10.4 Å². The maximum absolute atomic E-state index is 9.11. The summed E-state index contributed by atoms with van der Waals surface area (Å²) < 4.78 is 0. The number of piperidine rings is 1. The number of aryl methyl sites for hydroxylation is 1. The van der Waals surface area contributed by atoms with Gasteiger partial charge in [0.2, 0.25) is 0 Å². The van der Waals surface area contributed by atoms with Gasteiger partial charge in [-0.25, -0.2) is 4.98 Å². The van der Waals surface area contributed by atoms with Crippen LogP contribution < -0.4 is 10.3 Å². The summed E-state index contributed by atoms with van der Waals surface area (Å²) in [6.07, 6.45) is 8.86. The van der Waals surface area contributed by atoms with Crippen molar-refractivity contribution < 1.29 is 0 Å². The first-order valence-corrected chi connectivity index (χ1v) is 11.2. The van der Waals surface area contributed by atoms with E-state index in [0.717, 1.165) is 75.5 Å². The van der Waals surface area contributed by atoms with E-state index < -0.39 is 0 Å². The third-order valence-corrected chi connectivity index (χ3v) is 7.02. The number of rotatable bonds is 2. The maximum atomic E-state index is 9.11. The molecule has 0 aromatic carbocycles. The highest BCUT2D eigenvalue weighted by Gasteiger charge is 2.46. The number of pyridine rings is 2. The molecule has 158 valence electrons. The largest absolute Gasteiger partial charge is 0.357 e. The van der Waals surface area contributed by atoms with Crippen LogP contribution in [0.2, 0.25) is 0 Å². The van der Waals surface area contributed by atoms with Crippen LogP contribution in [0.15, 0.2) is 41.8 Å². The van der Waals surface area contributed by atoms with Crippen LogP contribution in [0.4, 0.5) is 5.82 Å². The molecule has 1 aliphatic carbocycles. The van der Waals surface area contributed by atoms with Gasteiger partial charge in [-0.1, -0.05) is 6.07 Å². The topological polar surface area (TPSA) is 80.4 Å². The van der Waals surface area contributed by atoms with Crippen LogP contribution in [0.5, 0.6) is 0 Å². The van der Waals surface area contributed by atoms with E-state index in [1.165, 1.54) is 5.56 Å². The number of aromatic nitrogens is 2. The van der Waals surface area contributed by atoms with Crippen molar-refractivity contribution in [3.8, 4) is 6.07 Å². The SMILES string of the molecule is N#Cc1ccnc(N2CCC3(CC2)CN(C(=S)N/N=C2\CCCc4cccnc42)C3)c1. The van der Waals surface area contributed by atoms with Gasteiger partial charge in [0, 0.05) is 44.0 Å². The smallest absolute Gasteiger partial charge is 0.189 e. The second-order valence-electron chi connectivity index (χ2n) is 8.70. The lowest BCUT2D eigenvalue weighted by atomic mass is 9.72. The van der Waals surface area contributed by atoms with Crippen LogP contribution in [0.25, 0.3) is 0 Å². The van der Waals surface area contributed by atoms with Gasteiger partial charge < -0.3 is 9.80 Å². The normalized spacial score (nSPS) is 20.7.